The summed E-state index contributed by atoms with van der Waals surface area (Å²) < 4.78 is 4.13. The van der Waals surface area contributed by atoms with E-state index < -0.39 is 0 Å². The van der Waals surface area contributed by atoms with Crippen molar-refractivity contribution in [1.82, 2.24) is 14.3 Å². The minimum absolute atomic E-state index is 0.409. The van der Waals surface area contributed by atoms with Crippen molar-refractivity contribution >= 4 is 5.69 Å². The van der Waals surface area contributed by atoms with Crippen LogP contribution in [0.1, 0.15) is 32.4 Å². The van der Waals surface area contributed by atoms with Gasteiger partial charge in [0.25, 0.3) is 0 Å². The number of hydrogen-bond donors (Lipinski definition) is 1. The fraction of sp³-hybridized carbons (Fsp3) is 0.462. The normalized spacial score (nSPS) is 11.1. The molecular formula is C13H20N4. The van der Waals surface area contributed by atoms with Crippen LogP contribution in [0.3, 0.4) is 0 Å². The van der Waals surface area contributed by atoms with Crippen molar-refractivity contribution in [3.8, 4) is 0 Å². The molecular weight excluding hydrogens is 212 g/mol. The molecule has 0 amide bonds. The minimum Gasteiger partial charge on any atom is -0.378 e. The van der Waals surface area contributed by atoms with Gasteiger partial charge in [-0.15, -0.1) is 0 Å². The highest BCUT2D eigenvalue weighted by Crippen LogP contribution is 2.11. The third kappa shape index (κ3) is 2.90. The predicted molar refractivity (Wildman–Crippen MR) is 70.0 cm³/mol. The van der Waals surface area contributed by atoms with Gasteiger partial charge in [0, 0.05) is 37.7 Å². The van der Waals surface area contributed by atoms with Crippen molar-refractivity contribution in [2.45, 2.75) is 39.9 Å². The summed E-state index contributed by atoms with van der Waals surface area (Å²) in [5.74, 6) is 0. The van der Waals surface area contributed by atoms with Gasteiger partial charge < -0.3 is 9.88 Å². The third-order valence-electron chi connectivity index (χ3n) is 2.80. The molecule has 92 valence electrons. The van der Waals surface area contributed by atoms with Gasteiger partial charge >= 0.3 is 0 Å². The summed E-state index contributed by atoms with van der Waals surface area (Å²) in [7, 11) is 0. The van der Waals surface area contributed by atoms with Gasteiger partial charge in [0.15, 0.2) is 0 Å². The van der Waals surface area contributed by atoms with E-state index in [0.717, 1.165) is 18.8 Å². The van der Waals surface area contributed by atoms with E-state index >= 15 is 0 Å². The summed E-state index contributed by atoms with van der Waals surface area (Å²) in [5, 5.41) is 7.68. The van der Waals surface area contributed by atoms with Crippen LogP contribution in [0.15, 0.2) is 30.9 Å². The van der Waals surface area contributed by atoms with Crippen LogP contribution in [0, 0.1) is 0 Å². The molecule has 4 heteroatoms. The SMILES string of the molecule is CCn1ccc(CNc2cnn(C(C)C)c2)c1. The maximum atomic E-state index is 4.30. The molecule has 0 aliphatic carbocycles. The average Bonchev–Trinajstić information content (AvgIpc) is 2.95. The number of rotatable bonds is 5. The molecule has 0 aromatic carbocycles. The lowest BCUT2D eigenvalue weighted by Gasteiger charge is -2.04. The van der Waals surface area contributed by atoms with Gasteiger partial charge in [-0.1, -0.05) is 0 Å². The third-order valence-corrected chi connectivity index (χ3v) is 2.80. The average molecular weight is 232 g/mol. The Morgan fingerprint density at radius 3 is 2.76 bits per heavy atom. The van der Waals surface area contributed by atoms with Crippen LogP contribution >= 0.6 is 0 Å². The molecule has 2 aromatic rings. The largest absolute Gasteiger partial charge is 0.378 e. The smallest absolute Gasteiger partial charge is 0.0729 e. The molecule has 0 saturated carbocycles. The number of aryl methyl sites for hydroxylation is 1. The van der Waals surface area contributed by atoms with Crippen molar-refractivity contribution in [2.24, 2.45) is 0 Å². The van der Waals surface area contributed by atoms with Crippen molar-refractivity contribution in [1.29, 1.82) is 0 Å². The second-order valence-electron chi connectivity index (χ2n) is 4.51. The summed E-state index contributed by atoms with van der Waals surface area (Å²) in [6.45, 7) is 8.25. The molecule has 0 saturated heterocycles. The number of nitrogens with zero attached hydrogens (tertiary/aromatic N) is 3. The standard InChI is InChI=1S/C13H20N4/c1-4-16-6-5-12(9-16)7-14-13-8-15-17(10-13)11(2)3/h5-6,8-11,14H,4,7H2,1-3H3. The predicted octanol–water partition coefficient (Wildman–Crippen LogP) is 2.90. The van der Waals surface area contributed by atoms with Crippen LogP contribution in [0.2, 0.25) is 0 Å². The number of hydrogen-bond acceptors (Lipinski definition) is 2. The zero-order valence-corrected chi connectivity index (χ0v) is 10.7. The first-order chi connectivity index (χ1) is 8.19. The lowest BCUT2D eigenvalue weighted by Crippen LogP contribution is -2.00. The monoisotopic (exact) mass is 232 g/mol. The van der Waals surface area contributed by atoms with Gasteiger partial charge in [0.2, 0.25) is 0 Å². The van der Waals surface area contributed by atoms with E-state index in [4.69, 9.17) is 0 Å². The Kier molecular flexibility index (Phi) is 3.52. The zero-order valence-electron chi connectivity index (χ0n) is 10.7. The fourth-order valence-electron chi connectivity index (χ4n) is 1.71. The first-order valence-corrected chi connectivity index (χ1v) is 6.11. The van der Waals surface area contributed by atoms with E-state index in [9.17, 15) is 0 Å². The van der Waals surface area contributed by atoms with Crippen LogP contribution < -0.4 is 5.32 Å². The van der Waals surface area contributed by atoms with E-state index in [0.29, 0.717) is 6.04 Å². The number of aromatic nitrogens is 3. The van der Waals surface area contributed by atoms with E-state index in [1.54, 1.807) is 0 Å². The molecule has 2 heterocycles. The van der Waals surface area contributed by atoms with Gasteiger partial charge in [0.1, 0.15) is 0 Å². The lowest BCUT2D eigenvalue weighted by atomic mass is 10.3. The maximum absolute atomic E-state index is 4.30. The zero-order chi connectivity index (χ0) is 12.3. The topological polar surface area (TPSA) is 34.8 Å². The molecule has 4 nitrogen and oxygen atoms in total. The molecule has 2 aromatic heterocycles. The Balaban J connectivity index is 1.92. The van der Waals surface area contributed by atoms with Gasteiger partial charge in [-0.2, -0.15) is 5.10 Å². The molecule has 0 aliphatic rings. The fourth-order valence-corrected chi connectivity index (χ4v) is 1.71. The summed E-state index contributed by atoms with van der Waals surface area (Å²) in [4.78, 5) is 0. The van der Waals surface area contributed by atoms with E-state index in [1.807, 2.05) is 17.1 Å². The van der Waals surface area contributed by atoms with Gasteiger partial charge in [-0.05, 0) is 32.4 Å². The highest BCUT2D eigenvalue weighted by Gasteiger charge is 2.01. The Morgan fingerprint density at radius 1 is 1.35 bits per heavy atom. The van der Waals surface area contributed by atoms with E-state index in [1.165, 1.54) is 5.56 Å². The summed E-state index contributed by atoms with van der Waals surface area (Å²) >= 11 is 0. The first kappa shape index (κ1) is 11.8. The van der Waals surface area contributed by atoms with Crippen LogP contribution in [-0.4, -0.2) is 14.3 Å². The van der Waals surface area contributed by atoms with Crippen LogP contribution in [0.4, 0.5) is 5.69 Å². The molecule has 2 rings (SSSR count). The van der Waals surface area contributed by atoms with Crippen LogP contribution in [0.25, 0.3) is 0 Å². The summed E-state index contributed by atoms with van der Waals surface area (Å²) in [6, 6.07) is 2.55. The van der Waals surface area contributed by atoms with Gasteiger partial charge in [-0.25, -0.2) is 0 Å². The molecule has 0 radical (unpaired) electrons. The molecule has 0 bridgehead atoms. The number of anilines is 1. The first-order valence-electron chi connectivity index (χ1n) is 6.11. The second-order valence-corrected chi connectivity index (χ2v) is 4.51. The van der Waals surface area contributed by atoms with E-state index in [2.05, 4.69) is 54.2 Å². The Hall–Kier alpha value is -1.71. The van der Waals surface area contributed by atoms with Crippen molar-refractivity contribution in [2.75, 3.05) is 5.32 Å². The molecule has 0 atom stereocenters. The summed E-state index contributed by atoms with van der Waals surface area (Å²) in [6.07, 6.45) is 8.19. The molecule has 17 heavy (non-hydrogen) atoms. The van der Waals surface area contributed by atoms with Crippen molar-refractivity contribution in [3.63, 3.8) is 0 Å². The van der Waals surface area contributed by atoms with Crippen molar-refractivity contribution < 1.29 is 0 Å². The second kappa shape index (κ2) is 5.08. The highest BCUT2D eigenvalue weighted by molar-refractivity contribution is 5.39. The molecule has 0 spiro atoms. The Labute approximate surface area is 102 Å². The van der Waals surface area contributed by atoms with Crippen LogP contribution in [0.5, 0.6) is 0 Å². The maximum Gasteiger partial charge on any atom is 0.0729 e. The molecule has 0 fully saturated rings. The Bertz CT molecular complexity index is 467. The molecule has 1 N–H and O–H groups in total. The summed E-state index contributed by atoms with van der Waals surface area (Å²) in [5.41, 5.74) is 2.37. The Morgan fingerprint density at radius 2 is 2.18 bits per heavy atom. The van der Waals surface area contributed by atoms with Crippen LogP contribution in [-0.2, 0) is 13.1 Å². The van der Waals surface area contributed by atoms with Gasteiger partial charge in [0.05, 0.1) is 11.9 Å². The molecule has 0 unspecified atom stereocenters. The highest BCUT2D eigenvalue weighted by atomic mass is 15.3. The lowest BCUT2D eigenvalue weighted by molar-refractivity contribution is 0.532. The quantitative estimate of drug-likeness (QED) is 0.860. The molecule has 0 aliphatic heterocycles. The van der Waals surface area contributed by atoms with Gasteiger partial charge in [-0.3, -0.25) is 4.68 Å². The van der Waals surface area contributed by atoms with Crippen molar-refractivity contribution in [3.05, 3.63) is 36.4 Å². The van der Waals surface area contributed by atoms with E-state index in [-0.39, 0.29) is 0 Å². The number of nitrogens with one attached hydrogen (secondary N) is 1. The minimum atomic E-state index is 0.409.